The van der Waals surface area contributed by atoms with Crippen molar-refractivity contribution in [3.8, 4) is 11.6 Å². The van der Waals surface area contributed by atoms with Crippen molar-refractivity contribution in [2.75, 3.05) is 6.54 Å². The molecule has 0 aliphatic carbocycles. The lowest BCUT2D eigenvalue weighted by atomic mass is 9.95. The highest BCUT2D eigenvalue weighted by molar-refractivity contribution is 5.85. The lowest BCUT2D eigenvalue weighted by Gasteiger charge is -2.25. The molecule has 0 bridgehead atoms. The number of H-pyrrole nitrogens is 2. The minimum absolute atomic E-state index is 0.127. The summed E-state index contributed by atoms with van der Waals surface area (Å²) in [6.07, 6.45) is 1.68. The van der Waals surface area contributed by atoms with Gasteiger partial charge in [-0.2, -0.15) is 0 Å². The topological polar surface area (TPSA) is 103 Å². The Kier molecular flexibility index (Phi) is 4.33. The van der Waals surface area contributed by atoms with Crippen molar-refractivity contribution in [3.05, 3.63) is 91.8 Å². The standard InChI is InChI=1S/C23H22N4O3/c1-2-13-7-9-14(10-8-13)27-22(29)18(21(28)26-23(27)30)20-19-16(11-12-24-20)15-5-3-4-6-17(15)25-19/h3-10,20,24-25,29H,2,11-12H2,1H3,(H,26,28,30). The third-order valence-electron chi connectivity index (χ3n) is 5.87. The van der Waals surface area contributed by atoms with Crippen LogP contribution in [0.15, 0.2) is 58.1 Å². The summed E-state index contributed by atoms with van der Waals surface area (Å²) < 4.78 is 1.15. The highest BCUT2D eigenvalue weighted by Crippen LogP contribution is 2.35. The Labute approximate surface area is 172 Å². The molecular weight excluding hydrogens is 380 g/mol. The summed E-state index contributed by atoms with van der Waals surface area (Å²) in [6.45, 7) is 2.70. The fourth-order valence-corrected chi connectivity index (χ4v) is 4.35. The summed E-state index contributed by atoms with van der Waals surface area (Å²) in [5, 5.41) is 15.5. The van der Waals surface area contributed by atoms with E-state index >= 15 is 0 Å². The Morgan fingerprint density at radius 3 is 2.60 bits per heavy atom. The van der Waals surface area contributed by atoms with Crippen LogP contribution in [-0.2, 0) is 12.8 Å². The molecule has 152 valence electrons. The lowest BCUT2D eigenvalue weighted by Crippen LogP contribution is -2.38. The van der Waals surface area contributed by atoms with Gasteiger partial charge in [0.2, 0.25) is 5.88 Å². The molecule has 2 aromatic carbocycles. The number of nitrogens with zero attached hydrogens (tertiary/aromatic N) is 1. The van der Waals surface area contributed by atoms with Crippen molar-refractivity contribution in [2.45, 2.75) is 25.8 Å². The quantitative estimate of drug-likeness (QED) is 0.423. The molecule has 4 aromatic rings. The predicted octanol–water partition coefficient (Wildman–Crippen LogP) is 2.51. The fraction of sp³-hybridized carbons (Fsp3) is 0.217. The van der Waals surface area contributed by atoms with E-state index in [4.69, 9.17) is 0 Å². The number of hydrogen-bond acceptors (Lipinski definition) is 4. The number of hydrogen-bond donors (Lipinski definition) is 4. The number of aromatic amines is 2. The molecule has 1 aliphatic heterocycles. The average molecular weight is 402 g/mol. The number of aromatic nitrogens is 3. The molecular formula is C23H22N4O3. The lowest BCUT2D eigenvalue weighted by molar-refractivity contribution is 0.409. The third-order valence-corrected chi connectivity index (χ3v) is 5.87. The molecule has 0 saturated carbocycles. The van der Waals surface area contributed by atoms with Gasteiger partial charge in [0, 0.05) is 23.1 Å². The second-order valence-electron chi connectivity index (χ2n) is 7.55. The second-order valence-corrected chi connectivity index (χ2v) is 7.55. The molecule has 0 amide bonds. The van der Waals surface area contributed by atoms with Gasteiger partial charge in [0.1, 0.15) is 5.56 Å². The molecule has 4 N–H and O–H groups in total. The van der Waals surface area contributed by atoms with Gasteiger partial charge in [-0.15, -0.1) is 0 Å². The largest absolute Gasteiger partial charge is 0.494 e. The Bertz CT molecular complexity index is 1360. The van der Waals surface area contributed by atoms with Crippen LogP contribution >= 0.6 is 0 Å². The molecule has 7 nitrogen and oxygen atoms in total. The molecule has 30 heavy (non-hydrogen) atoms. The molecule has 0 radical (unpaired) electrons. The van der Waals surface area contributed by atoms with E-state index in [1.165, 1.54) is 0 Å². The summed E-state index contributed by atoms with van der Waals surface area (Å²) in [5.74, 6) is -0.350. The normalized spacial score (nSPS) is 16.0. The van der Waals surface area contributed by atoms with Crippen LogP contribution in [0.25, 0.3) is 16.6 Å². The summed E-state index contributed by atoms with van der Waals surface area (Å²) >= 11 is 0. The first-order valence-electron chi connectivity index (χ1n) is 10.1. The van der Waals surface area contributed by atoms with Crippen LogP contribution < -0.4 is 16.6 Å². The van der Waals surface area contributed by atoms with Crippen LogP contribution in [0.1, 0.15) is 35.3 Å². The first-order valence-corrected chi connectivity index (χ1v) is 10.1. The molecule has 3 heterocycles. The number of aromatic hydroxyl groups is 1. The van der Waals surface area contributed by atoms with Gasteiger partial charge in [0.15, 0.2) is 0 Å². The average Bonchev–Trinajstić information content (AvgIpc) is 3.13. The minimum Gasteiger partial charge on any atom is -0.494 e. The Balaban J connectivity index is 1.71. The SMILES string of the molecule is CCc1ccc(-n2c(O)c(C3NCCc4c3[nH]c3ccccc43)c(=O)[nH]c2=O)cc1. The summed E-state index contributed by atoms with van der Waals surface area (Å²) in [6, 6.07) is 14.8. The van der Waals surface area contributed by atoms with Crippen LogP contribution in [0.5, 0.6) is 5.88 Å². The number of fused-ring (bicyclic) bond motifs is 3. The van der Waals surface area contributed by atoms with Crippen molar-refractivity contribution in [1.29, 1.82) is 0 Å². The zero-order valence-electron chi connectivity index (χ0n) is 16.5. The zero-order chi connectivity index (χ0) is 20.8. The van der Waals surface area contributed by atoms with E-state index in [2.05, 4.69) is 15.3 Å². The van der Waals surface area contributed by atoms with E-state index in [1.54, 1.807) is 12.1 Å². The highest BCUT2D eigenvalue weighted by atomic mass is 16.3. The van der Waals surface area contributed by atoms with Crippen LogP contribution in [0, 0.1) is 0 Å². The van der Waals surface area contributed by atoms with Crippen LogP contribution in [0.4, 0.5) is 0 Å². The molecule has 2 aromatic heterocycles. The predicted molar refractivity (Wildman–Crippen MR) is 116 cm³/mol. The smallest absolute Gasteiger partial charge is 0.335 e. The summed E-state index contributed by atoms with van der Waals surface area (Å²) in [4.78, 5) is 31.1. The van der Waals surface area contributed by atoms with Crippen molar-refractivity contribution in [1.82, 2.24) is 19.9 Å². The van der Waals surface area contributed by atoms with E-state index in [-0.39, 0.29) is 11.4 Å². The number of para-hydroxylation sites is 1. The maximum atomic E-state index is 12.8. The molecule has 1 unspecified atom stereocenters. The van der Waals surface area contributed by atoms with E-state index in [9.17, 15) is 14.7 Å². The van der Waals surface area contributed by atoms with Crippen molar-refractivity contribution >= 4 is 10.9 Å². The van der Waals surface area contributed by atoms with Gasteiger partial charge in [-0.3, -0.25) is 9.78 Å². The first kappa shape index (κ1) is 18.4. The van der Waals surface area contributed by atoms with Crippen LogP contribution in [0.2, 0.25) is 0 Å². The molecule has 0 spiro atoms. The monoisotopic (exact) mass is 402 g/mol. The van der Waals surface area contributed by atoms with Gasteiger partial charge < -0.3 is 15.4 Å². The van der Waals surface area contributed by atoms with Crippen molar-refractivity contribution in [2.24, 2.45) is 0 Å². The first-order chi connectivity index (χ1) is 14.6. The maximum Gasteiger partial charge on any atom is 0.335 e. The summed E-state index contributed by atoms with van der Waals surface area (Å²) in [7, 11) is 0. The Morgan fingerprint density at radius 2 is 1.83 bits per heavy atom. The molecule has 5 rings (SSSR count). The fourth-order valence-electron chi connectivity index (χ4n) is 4.35. The van der Waals surface area contributed by atoms with Crippen LogP contribution in [-0.4, -0.2) is 26.2 Å². The van der Waals surface area contributed by atoms with Gasteiger partial charge in [0.05, 0.1) is 11.7 Å². The molecule has 0 saturated heterocycles. The Morgan fingerprint density at radius 1 is 1.07 bits per heavy atom. The second kappa shape index (κ2) is 7.03. The van der Waals surface area contributed by atoms with E-state index < -0.39 is 17.3 Å². The van der Waals surface area contributed by atoms with Gasteiger partial charge in [-0.25, -0.2) is 9.36 Å². The molecule has 0 fully saturated rings. The number of rotatable bonds is 3. The molecule has 1 aliphatic rings. The number of nitrogens with one attached hydrogen (secondary N) is 3. The number of aryl methyl sites for hydroxylation is 1. The number of benzene rings is 2. The van der Waals surface area contributed by atoms with Crippen LogP contribution in [0.3, 0.4) is 0 Å². The maximum absolute atomic E-state index is 12.8. The van der Waals surface area contributed by atoms with Gasteiger partial charge in [0.25, 0.3) is 5.56 Å². The van der Waals surface area contributed by atoms with E-state index in [0.717, 1.165) is 45.1 Å². The van der Waals surface area contributed by atoms with E-state index in [1.807, 2.05) is 43.3 Å². The zero-order valence-corrected chi connectivity index (χ0v) is 16.5. The van der Waals surface area contributed by atoms with Gasteiger partial charge in [-0.05, 0) is 42.2 Å². The molecule has 7 heteroatoms. The summed E-state index contributed by atoms with van der Waals surface area (Å²) in [5.41, 5.74) is 3.43. The molecule has 1 atom stereocenters. The minimum atomic E-state index is -0.668. The van der Waals surface area contributed by atoms with Gasteiger partial charge >= 0.3 is 5.69 Å². The third kappa shape index (κ3) is 2.78. The van der Waals surface area contributed by atoms with Gasteiger partial charge in [-0.1, -0.05) is 37.3 Å². The Hall–Kier alpha value is -3.58. The van der Waals surface area contributed by atoms with E-state index in [0.29, 0.717) is 12.2 Å². The van der Waals surface area contributed by atoms with Crippen molar-refractivity contribution < 1.29 is 5.11 Å². The highest BCUT2D eigenvalue weighted by Gasteiger charge is 2.31. The van der Waals surface area contributed by atoms with Crippen molar-refractivity contribution in [3.63, 3.8) is 0 Å².